The number of allylic oxidation sites excluding steroid dienone is 1. The highest BCUT2D eigenvalue weighted by Crippen LogP contribution is 2.46. The van der Waals surface area contributed by atoms with Gasteiger partial charge in [-0.25, -0.2) is 9.59 Å². The minimum Gasteiger partial charge on any atom is -0.496 e. The summed E-state index contributed by atoms with van der Waals surface area (Å²) >= 11 is 0. The van der Waals surface area contributed by atoms with Crippen LogP contribution in [0.1, 0.15) is 92.6 Å². The number of ether oxygens (including phenoxy) is 2. The Bertz CT molecular complexity index is 1580. The molecule has 1 heterocycles. The van der Waals surface area contributed by atoms with Crippen LogP contribution in [0.15, 0.2) is 42.0 Å². The summed E-state index contributed by atoms with van der Waals surface area (Å²) in [6.45, 7) is 8.83. The van der Waals surface area contributed by atoms with Gasteiger partial charge in [0.25, 0.3) is 5.91 Å². The molecular weight excluding hydrogens is 646 g/mol. The zero-order chi connectivity index (χ0) is 35.9. The maximum absolute atomic E-state index is 13.6. The number of aliphatic carboxylic acids is 1. The van der Waals surface area contributed by atoms with Crippen LogP contribution >= 0.6 is 0 Å². The number of rotatable bonds is 9. The van der Waals surface area contributed by atoms with Crippen LogP contribution in [0, 0.1) is 11.3 Å². The van der Waals surface area contributed by atoms with Crippen LogP contribution in [0.5, 0.6) is 5.75 Å². The third-order valence-corrected chi connectivity index (χ3v) is 8.87. The number of carboxylic acids is 1. The Morgan fingerprint density at radius 1 is 1.06 bits per heavy atom. The van der Waals surface area contributed by atoms with E-state index in [0.717, 1.165) is 11.1 Å². The lowest BCUT2D eigenvalue weighted by molar-refractivity contribution is -0.143. The van der Waals surface area contributed by atoms with Crippen LogP contribution in [0.4, 0.5) is 31.1 Å². The number of alkyl halides is 6. The van der Waals surface area contributed by atoms with Gasteiger partial charge in [-0.15, -0.1) is 0 Å². The first-order valence-electron chi connectivity index (χ1n) is 15.3. The Morgan fingerprint density at radius 3 is 2.19 bits per heavy atom. The molecule has 2 N–H and O–H groups in total. The molecule has 8 nitrogen and oxygen atoms in total. The number of carbonyl (C=O) groups is 3. The average molecular weight is 685 g/mol. The molecule has 3 atom stereocenters. The summed E-state index contributed by atoms with van der Waals surface area (Å²) < 4.78 is 92.5. The second kappa shape index (κ2) is 13.3. The molecular formula is C34H38F6N2O6. The van der Waals surface area contributed by atoms with Crippen molar-refractivity contribution in [1.82, 2.24) is 10.2 Å². The van der Waals surface area contributed by atoms with Gasteiger partial charge in [0.2, 0.25) is 0 Å². The number of nitrogens with zero attached hydrogens (tertiary/aromatic N) is 1. The quantitative estimate of drug-likeness (QED) is 0.259. The highest BCUT2D eigenvalue weighted by atomic mass is 19.4. The average Bonchev–Trinajstić information content (AvgIpc) is 3.26. The fraction of sp³-hybridized carbons (Fsp3) is 0.500. The van der Waals surface area contributed by atoms with Crippen LogP contribution in [-0.2, 0) is 21.9 Å². The second-order valence-corrected chi connectivity index (χ2v) is 13.4. The van der Waals surface area contributed by atoms with Gasteiger partial charge in [-0.3, -0.25) is 9.69 Å². The van der Waals surface area contributed by atoms with E-state index in [1.165, 1.54) is 25.0 Å². The van der Waals surface area contributed by atoms with Crippen molar-refractivity contribution in [2.24, 2.45) is 11.3 Å². The van der Waals surface area contributed by atoms with Gasteiger partial charge in [-0.05, 0) is 90.6 Å². The van der Waals surface area contributed by atoms with Gasteiger partial charge in [0, 0.05) is 17.7 Å². The van der Waals surface area contributed by atoms with Crippen LogP contribution in [0.2, 0.25) is 0 Å². The molecule has 0 radical (unpaired) electrons. The topological polar surface area (TPSA) is 105 Å². The number of carbonyl (C=O) groups excluding carboxylic acids is 2. The van der Waals surface area contributed by atoms with Crippen LogP contribution in [0.3, 0.4) is 0 Å². The third-order valence-electron chi connectivity index (χ3n) is 8.87. The van der Waals surface area contributed by atoms with Crippen molar-refractivity contribution < 1.29 is 55.3 Å². The van der Waals surface area contributed by atoms with Crippen LogP contribution in [-0.4, -0.2) is 53.7 Å². The molecule has 2 aliphatic rings. The van der Waals surface area contributed by atoms with Gasteiger partial charge >= 0.3 is 24.4 Å². The Kier molecular flexibility index (Phi) is 10.2. The molecule has 2 aromatic carbocycles. The summed E-state index contributed by atoms with van der Waals surface area (Å²) in [5, 5.41) is 12.1. The summed E-state index contributed by atoms with van der Waals surface area (Å²) in [6.07, 6.45) is -10.8. The zero-order valence-corrected chi connectivity index (χ0v) is 27.3. The largest absolute Gasteiger partial charge is 0.496 e. The number of hydrogen-bond acceptors (Lipinski definition) is 5. The predicted octanol–water partition coefficient (Wildman–Crippen LogP) is 8.12. The molecule has 2 amide bonds. The number of cyclic esters (lactones) is 1. The SMILES string of the molecule is COc1ccc(C(=O)N[C@@H](C(=O)O)C(C)C)cc1C1=C(CN2C(=O)O[C@H](c3cc(C(F)(F)F)cc(C(F)(F)F)c3)[C@@H]2C)CC(C)(C)CC1. The zero-order valence-electron chi connectivity index (χ0n) is 27.3. The van der Waals surface area contributed by atoms with E-state index in [0.29, 0.717) is 42.7 Å². The second-order valence-electron chi connectivity index (χ2n) is 13.4. The van der Waals surface area contributed by atoms with Gasteiger partial charge in [-0.2, -0.15) is 26.3 Å². The van der Waals surface area contributed by atoms with Gasteiger partial charge in [0.15, 0.2) is 0 Å². The third kappa shape index (κ3) is 7.90. The maximum Gasteiger partial charge on any atom is 0.416 e. The fourth-order valence-corrected chi connectivity index (χ4v) is 6.22. The van der Waals surface area contributed by atoms with Crippen molar-refractivity contribution in [2.75, 3.05) is 13.7 Å². The van der Waals surface area contributed by atoms with Gasteiger partial charge in [-0.1, -0.05) is 27.7 Å². The normalized spacial score (nSPS) is 20.5. The number of halogens is 6. The van der Waals surface area contributed by atoms with E-state index in [2.05, 4.69) is 5.32 Å². The smallest absolute Gasteiger partial charge is 0.416 e. The molecule has 0 bridgehead atoms. The Labute approximate surface area is 274 Å². The highest BCUT2D eigenvalue weighted by Gasteiger charge is 2.44. The van der Waals surface area contributed by atoms with E-state index in [1.807, 2.05) is 13.8 Å². The molecule has 1 aliphatic heterocycles. The molecule has 0 saturated carbocycles. The van der Waals surface area contributed by atoms with E-state index in [9.17, 15) is 45.8 Å². The molecule has 0 aromatic heterocycles. The minimum atomic E-state index is -5.07. The lowest BCUT2D eigenvalue weighted by atomic mass is 9.72. The molecule has 14 heteroatoms. The lowest BCUT2D eigenvalue weighted by Crippen LogP contribution is -2.44. The van der Waals surface area contributed by atoms with E-state index in [1.54, 1.807) is 26.0 Å². The van der Waals surface area contributed by atoms with E-state index in [-0.39, 0.29) is 29.5 Å². The van der Waals surface area contributed by atoms with Crippen LogP contribution in [0.25, 0.3) is 5.57 Å². The van der Waals surface area contributed by atoms with Crippen molar-refractivity contribution in [3.8, 4) is 5.75 Å². The lowest BCUT2D eigenvalue weighted by Gasteiger charge is -2.36. The fourth-order valence-electron chi connectivity index (χ4n) is 6.22. The molecule has 48 heavy (non-hydrogen) atoms. The molecule has 2 aromatic rings. The Morgan fingerprint density at radius 2 is 1.67 bits per heavy atom. The molecule has 1 aliphatic carbocycles. The van der Waals surface area contributed by atoms with Crippen molar-refractivity contribution in [3.63, 3.8) is 0 Å². The minimum absolute atomic E-state index is 0.0241. The number of benzene rings is 2. The highest BCUT2D eigenvalue weighted by molar-refractivity contribution is 5.98. The Hall–Kier alpha value is -4.23. The van der Waals surface area contributed by atoms with Crippen molar-refractivity contribution in [2.45, 2.75) is 84.4 Å². The molecule has 262 valence electrons. The number of methoxy groups -OCH3 is 1. The molecule has 1 fully saturated rings. The van der Waals surface area contributed by atoms with Crippen LogP contribution < -0.4 is 10.1 Å². The van der Waals surface area contributed by atoms with Gasteiger partial charge in [0.05, 0.1) is 24.3 Å². The number of amides is 2. The van der Waals surface area contributed by atoms with Crippen molar-refractivity contribution >= 4 is 23.5 Å². The molecule has 1 saturated heterocycles. The first kappa shape index (κ1) is 36.6. The molecule has 4 rings (SSSR count). The summed E-state index contributed by atoms with van der Waals surface area (Å²) in [6, 6.07) is 3.74. The van der Waals surface area contributed by atoms with E-state index < -0.39 is 65.2 Å². The first-order valence-corrected chi connectivity index (χ1v) is 15.3. The van der Waals surface area contributed by atoms with Gasteiger partial charge < -0.3 is 19.9 Å². The maximum atomic E-state index is 13.6. The summed E-state index contributed by atoms with van der Waals surface area (Å²) in [5.41, 5.74) is -1.47. The number of hydrogen-bond donors (Lipinski definition) is 2. The van der Waals surface area contributed by atoms with Crippen molar-refractivity contribution in [3.05, 3.63) is 69.8 Å². The summed E-state index contributed by atoms with van der Waals surface area (Å²) in [7, 11) is 1.44. The van der Waals surface area contributed by atoms with E-state index in [4.69, 9.17) is 9.47 Å². The summed E-state index contributed by atoms with van der Waals surface area (Å²) in [5.74, 6) is -1.77. The summed E-state index contributed by atoms with van der Waals surface area (Å²) in [4.78, 5) is 39.3. The Balaban J connectivity index is 1.74. The van der Waals surface area contributed by atoms with Gasteiger partial charge in [0.1, 0.15) is 17.9 Å². The van der Waals surface area contributed by atoms with E-state index >= 15 is 0 Å². The molecule has 0 unspecified atom stereocenters. The van der Waals surface area contributed by atoms with Crippen molar-refractivity contribution in [1.29, 1.82) is 0 Å². The first-order chi connectivity index (χ1) is 22.1. The predicted molar refractivity (Wildman–Crippen MR) is 163 cm³/mol. The monoisotopic (exact) mass is 684 g/mol. The standard InChI is InChI=1S/C34H38F6N2O6/c1-17(2)27(30(44)45)41-29(43)19-7-8-26(47-6)25(13-19)24-9-10-32(4,5)15-21(24)16-42-18(3)28(48-31(42)46)20-11-22(33(35,36)37)14-23(12-20)34(38,39)40/h7-8,11-14,17-18,27-28H,9-10,15-16H2,1-6H3,(H,41,43)(H,44,45)/t18-,27+,28-/m0/s1. The number of nitrogens with one attached hydrogen (secondary N) is 1. The number of carboxylic acid groups (broad SMARTS) is 1. The molecule has 0 spiro atoms.